The smallest absolute Gasteiger partial charge is 0.412 e. The van der Waals surface area contributed by atoms with Gasteiger partial charge >= 0.3 is 6.09 Å². The van der Waals surface area contributed by atoms with Crippen LogP contribution in [0.1, 0.15) is 79.4 Å². The molecule has 1 saturated heterocycles. The molecule has 1 aliphatic rings. The van der Waals surface area contributed by atoms with Crippen LogP contribution in [0.3, 0.4) is 0 Å². The van der Waals surface area contributed by atoms with Crippen LogP contribution in [0.2, 0.25) is 18.1 Å². The Morgan fingerprint density at radius 3 is 2.05 bits per heavy atom. The van der Waals surface area contributed by atoms with Crippen LogP contribution in [0.25, 0.3) is 0 Å². The second-order valence-corrected chi connectivity index (χ2v) is 19.0. The summed E-state index contributed by atoms with van der Waals surface area (Å²) in [5, 5.41) is 0.0307. The van der Waals surface area contributed by atoms with Gasteiger partial charge in [0, 0.05) is 6.61 Å². The number of carbonyl (C=O) groups excluding carboxylic acids is 1. The highest BCUT2D eigenvalue weighted by atomic mass is 28.4. The van der Waals surface area contributed by atoms with E-state index < -0.39 is 19.6 Å². The van der Waals surface area contributed by atoms with Crippen LogP contribution in [0.4, 0.5) is 4.79 Å². The molecule has 1 fully saturated rings. The van der Waals surface area contributed by atoms with E-state index in [1.165, 1.54) is 5.56 Å². The van der Waals surface area contributed by atoms with Gasteiger partial charge in [-0.15, -0.1) is 0 Å². The van der Waals surface area contributed by atoms with Gasteiger partial charge in [-0.2, -0.15) is 0 Å². The van der Waals surface area contributed by atoms with E-state index in [-0.39, 0.29) is 29.4 Å². The lowest BCUT2D eigenvalue weighted by Gasteiger charge is -2.41. The minimum absolute atomic E-state index is 0.0307. The zero-order chi connectivity index (χ0) is 30.5. The Hall–Kier alpha value is -2.19. The molecule has 0 spiro atoms. The molecule has 6 nitrogen and oxygen atoms in total. The van der Waals surface area contributed by atoms with Crippen molar-refractivity contribution in [3.8, 4) is 0 Å². The second-order valence-electron chi connectivity index (χ2n) is 14.2. The van der Waals surface area contributed by atoms with Crippen LogP contribution in [-0.4, -0.2) is 55.5 Å². The van der Waals surface area contributed by atoms with E-state index in [0.29, 0.717) is 19.6 Å². The average molecular weight is 584 g/mol. The molecule has 0 saturated carbocycles. The van der Waals surface area contributed by atoms with Crippen LogP contribution in [0.5, 0.6) is 0 Å². The van der Waals surface area contributed by atoms with Gasteiger partial charge in [0.2, 0.25) is 0 Å². The Labute approximate surface area is 249 Å². The predicted molar refractivity (Wildman–Crippen MR) is 168 cm³/mol. The second kappa shape index (κ2) is 13.4. The molecule has 0 aliphatic carbocycles. The van der Waals surface area contributed by atoms with Gasteiger partial charge in [0.1, 0.15) is 17.4 Å². The topological polar surface area (TPSA) is 57.2 Å². The van der Waals surface area contributed by atoms with Gasteiger partial charge in [-0.05, 0) is 83.1 Å². The van der Waals surface area contributed by atoms with Crippen molar-refractivity contribution in [3.63, 3.8) is 0 Å². The zero-order valence-electron chi connectivity index (χ0n) is 27.0. The Bertz CT molecular complexity index is 1090. The molecule has 2 aromatic carbocycles. The van der Waals surface area contributed by atoms with E-state index in [0.717, 1.165) is 18.4 Å². The van der Waals surface area contributed by atoms with E-state index in [1.54, 1.807) is 0 Å². The number of rotatable bonds is 11. The highest BCUT2D eigenvalue weighted by molar-refractivity contribution is 6.74. The minimum Gasteiger partial charge on any atom is -0.444 e. The summed E-state index contributed by atoms with van der Waals surface area (Å²) in [7, 11) is -2.17. The summed E-state index contributed by atoms with van der Waals surface area (Å²) in [5.41, 5.74) is 0.842. The molecule has 7 heteroatoms. The van der Waals surface area contributed by atoms with Gasteiger partial charge in [0.05, 0.1) is 18.8 Å². The first-order valence-electron chi connectivity index (χ1n) is 15.0. The lowest BCUT2D eigenvalue weighted by Crippen LogP contribution is -2.53. The van der Waals surface area contributed by atoms with E-state index in [2.05, 4.69) is 58.1 Å². The first-order chi connectivity index (χ1) is 19.0. The van der Waals surface area contributed by atoms with Gasteiger partial charge < -0.3 is 18.6 Å². The Balaban J connectivity index is 1.89. The minimum atomic E-state index is -2.17. The van der Waals surface area contributed by atoms with Crippen LogP contribution in [0, 0.1) is 0 Å². The maximum atomic E-state index is 13.7. The third kappa shape index (κ3) is 9.40. The Morgan fingerprint density at radius 2 is 1.51 bits per heavy atom. The van der Waals surface area contributed by atoms with E-state index >= 15 is 0 Å². The largest absolute Gasteiger partial charge is 0.444 e. The van der Waals surface area contributed by atoms with E-state index in [1.807, 2.05) is 75.9 Å². The summed E-state index contributed by atoms with van der Waals surface area (Å²) >= 11 is 0. The molecular weight excluding hydrogens is 530 g/mol. The number of hydrogen-bond donors (Lipinski definition) is 0. The third-order valence-corrected chi connectivity index (χ3v) is 12.6. The number of hydrogen-bond acceptors (Lipinski definition) is 5. The number of benzene rings is 2. The number of carbonyl (C=O) groups is 1. The summed E-state index contributed by atoms with van der Waals surface area (Å²) in [6.07, 6.45) is 1.38. The van der Waals surface area contributed by atoms with Gasteiger partial charge in [-0.25, -0.2) is 4.79 Å². The van der Waals surface area contributed by atoms with Crippen molar-refractivity contribution in [2.75, 3.05) is 6.61 Å². The molecule has 1 unspecified atom stereocenters. The molecule has 0 bridgehead atoms. The average Bonchev–Trinajstić information content (AvgIpc) is 3.12. The van der Waals surface area contributed by atoms with Gasteiger partial charge in [-0.1, -0.05) is 81.4 Å². The van der Waals surface area contributed by atoms with Crippen LogP contribution >= 0.6 is 0 Å². The van der Waals surface area contributed by atoms with Gasteiger partial charge in [0.25, 0.3) is 0 Å². The zero-order valence-corrected chi connectivity index (χ0v) is 28.0. The lowest BCUT2D eigenvalue weighted by atomic mass is 9.95. The molecule has 1 heterocycles. The fraction of sp³-hybridized carbons (Fsp3) is 0.618. The first kappa shape index (κ1) is 33.3. The Kier molecular flexibility index (Phi) is 10.9. The molecule has 3 rings (SSSR count). The van der Waals surface area contributed by atoms with E-state index in [4.69, 9.17) is 18.6 Å². The molecular formula is C34H53NO5Si. The summed E-state index contributed by atoms with van der Waals surface area (Å²) in [5.74, 6) is 0. The predicted octanol–water partition coefficient (Wildman–Crippen LogP) is 8.36. The highest BCUT2D eigenvalue weighted by Gasteiger charge is 2.54. The van der Waals surface area contributed by atoms with Crippen molar-refractivity contribution >= 4 is 14.4 Å². The van der Waals surface area contributed by atoms with Gasteiger partial charge in [-0.3, -0.25) is 4.90 Å². The number of ether oxygens (including phenoxy) is 3. The number of amides is 1. The molecule has 3 atom stereocenters. The van der Waals surface area contributed by atoms with Crippen LogP contribution < -0.4 is 0 Å². The molecule has 1 aliphatic heterocycles. The third-order valence-electron chi connectivity index (χ3n) is 8.10. The van der Waals surface area contributed by atoms with Crippen LogP contribution in [0.15, 0.2) is 60.7 Å². The molecule has 2 aromatic rings. The molecule has 0 radical (unpaired) electrons. The van der Waals surface area contributed by atoms with Crippen molar-refractivity contribution in [3.05, 3.63) is 71.8 Å². The standard InChI is InChI=1S/C34H53NO5Si/c1-32(2,3)39-31(36)35-28(24-26-18-13-11-14-19-26)30(38-34(35,7)8)29(40-41(9,10)33(4,5)6)22-17-23-37-25-27-20-15-12-16-21-27/h11-16,18-21,28-30H,17,22-25H2,1-10H3/t28-,29?,30+/m1/s1. The SMILES string of the molecule is CC(C)(C)OC(=O)N1[C@H](Cc2ccccc2)[C@@H](C(CCCOCc2ccccc2)O[Si](C)(C)C(C)(C)C)OC1(C)C. The molecule has 228 valence electrons. The maximum absolute atomic E-state index is 13.7. The maximum Gasteiger partial charge on any atom is 0.412 e. The molecule has 41 heavy (non-hydrogen) atoms. The van der Waals surface area contributed by atoms with Crippen molar-refractivity contribution in [2.45, 2.75) is 129 Å². The van der Waals surface area contributed by atoms with E-state index in [9.17, 15) is 4.79 Å². The number of nitrogens with zero attached hydrogens (tertiary/aromatic N) is 1. The first-order valence-corrected chi connectivity index (χ1v) is 17.9. The van der Waals surface area contributed by atoms with Gasteiger partial charge in [0.15, 0.2) is 8.32 Å². The lowest BCUT2D eigenvalue weighted by molar-refractivity contribution is -0.102. The normalized spacial score (nSPS) is 20.2. The van der Waals surface area contributed by atoms with Crippen molar-refractivity contribution in [1.82, 2.24) is 4.90 Å². The van der Waals surface area contributed by atoms with Crippen molar-refractivity contribution in [2.24, 2.45) is 0 Å². The summed E-state index contributed by atoms with van der Waals surface area (Å²) < 4.78 is 25.9. The van der Waals surface area contributed by atoms with Crippen molar-refractivity contribution in [1.29, 1.82) is 0 Å². The quantitative estimate of drug-likeness (QED) is 0.197. The van der Waals surface area contributed by atoms with Crippen molar-refractivity contribution < 1.29 is 23.4 Å². The molecule has 0 N–H and O–H groups in total. The highest BCUT2D eigenvalue weighted by Crippen LogP contribution is 2.42. The summed E-state index contributed by atoms with van der Waals surface area (Å²) in [6, 6.07) is 20.3. The molecule has 0 aromatic heterocycles. The fourth-order valence-corrected chi connectivity index (χ4v) is 6.43. The summed E-state index contributed by atoms with van der Waals surface area (Å²) in [6.45, 7) is 22.2. The summed E-state index contributed by atoms with van der Waals surface area (Å²) in [4.78, 5) is 15.5. The van der Waals surface area contributed by atoms with Crippen LogP contribution in [-0.2, 0) is 31.7 Å². The monoisotopic (exact) mass is 583 g/mol. The molecule has 1 amide bonds. The fourth-order valence-electron chi connectivity index (χ4n) is 5.06. The Morgan fingerprint density at radius 1 is 0.951 bits per heavy atom.